The van der Waals surface area contributed by atoms with Gasteiger partial charge in [-0.3, -0.25) is 4.79 Å². The summed E-state index contributed by atoms with van der Waals surface area (Å²) in [6.07, 6.45) is -2.85. The van der Waals surface area contributed by atoms with Crippen molar-refractivity contribution in [1.82, 2.24) is 15.6 Å². The van der Waals surface area contributed by atoms with E-state index in [0.717, 1.165) is 5.56 Å². The average Bonchev–Trinajstić information content (AvgIpc) is 2.41. The number of hydrogen-bond acceptors (Lipinski definition) is 4. The van der Waals surface area contributed by atoms with Gasteiger partial charge in [-0.15, -0.1) is 0 Å². The number of carbonyl (C=O) groups is 1. The lowest BCUT2D eigenvalue weighted by atomic mass is 10.2. The van der Waals surface area contributed by atoms with Crippen LogP contribution in [-0.2, 0) is 11.3 Å². The first-order chi connectivity index (χ1) is 9.31. The molecular weight excluding hydrogens is 275 g/mol. The summed E-state index contributed by atoms with van der Waals surface area (Å²) in [5.41, 5.74) is 0.793. The van der Waals surface area contributed by atoms with Crippen LogP contribution >= 0.6 is 0 Å². The fourth-order valence-electron chi connectivity index (χ4n) is 1.34. The van der Waals surface area contributed by atoms with E-state index in [1.807, 2.05) is 5.32 Å². The number of aromatic nitrogens is 1. The molecule has 1 rings (SSSR count). The zero-order chi connectivity index (χ0) is 15.2. The van der Waals surface area contributed by atoms with E-state index < -0.39 is 24.7 Å². The quantitative estimate of drug-likeness (QED) is 0.828. The number of rotatable bonds is 6. The Balaban J connectivity index is 2.38. The molecular formula is C12H16F3N3O2. The summed E-state index contributed by atoms with van der Waals surface area (Å²) in [4.78, 5) is 15.4. The smallest absolute Gasteiger partial charge is 0.405 e. The Bertz CT molecular complexity index is 435. The van der Waals surface area contributed by atoms with Crippen molar-refractivity contribution in [3.63, 3.8) is 0 Å². The summed E-state index contributed by atoms with van der Waals surface area (Å²) in [7, 11) is 1.49. The van der Waals surface area contributed by atoms with Crippen LogP contribution in [0, 0.1) is 0 Å². The number of halogens is 3. The van der Waals surface area contributed by atoms with Crippen molar-refractivity contribution in [3.8, 4) is 5.88 Å². The summed E-state index contributed by atoms with van der Waals surface area (Å²) < 4.78 is 40.7. The molecule has 0 aliphatic heterocycles. The lowest BCUT2D eigenvalue weighted by molar-refractivity contribution is -0.139. The summed E-state index contributed by atoms with van der Waals surface area (Å²) in [6, 6.07) is 2.67. The summed E-state index contributed by atoms with van der Waals surface area (Å²) in [5, 5.41) is 4.63. The lowest BCUT2D eigenvalue weighted by Gasteiger charge is -2.15. The monoisotopic (exact) mass is 291 g/mol. The first-order valence-electron chi connectivity index (χ1n) is 5.88. The molecule has 1 amide bonds. The van der Waals surface area contributed by atoms with Crippen molar-refractivity contribution >= 4 is 5.91 Å². The molecule has 0 aromatic carbocycles. The Morgan fingerprint density at radius 1 is 1.45 bits per heavy atom. The van der Waals surface area contributed by atoms with E-state index in [0.29, 0.717) is 12.4 Å². The number of hydrogen-bond donors (Lipinski definition) is 2. The van der Waals surface area contributed by atoms with Crippen LogP contribution in [0.3, 0.4) is 0 Å². The fraction of sp³-hybridized carbons (Fsp3) is 0.500. The number of ether oxygens (including phenoxy) is 1. The largest absolute Gasteiger partial charge is 0.481 e. The van der Waals surface area contributed by atoms with Crippen LogP contribution in [0.5, 0.6) is 5.88 Å². The minimum absolute atomic E-state index is 0.317. The third-order valence-electron chi connectivity index (χ3n) is 2.48. The van der Waals surface area contributed by atoms with Crippen LogP contribution in [0.2, 0.25) is 0 Å². The molecule has 5 nitrogen and oxygen atoms in total. The van der Waals surface area contributed by atoms with E-state index in [4.69, 9.17) is 4.74 Å². The van der Waals surface area contributed by atoms with Gasteiger partial charge in [0.25, 0.3) is 0 Å². The van der Waals surface area contributed by atoms with Crippen LogP contribution in [0.25, 0.3) is 0 Å². The van der Waals surface area contributed by atoms with E-state index in [9.17, 15) is 18.0 Å². The van der Waals surface area contributed by atoms with Crippen molar-refractivity contribution in [2.75, 3.05) is 13.7 Å². The highest BCUT2D eigenvalue weighted by Crippen LogP contribution is 2.12. The minimum Gasteiger partial charge on any atom is -0.481 e. The molecule has 0 fully saturated rings. The molecule has 1 unspecified atom stereocenters. The maximum atomic E-state index is 11.9. The van der Waals surface area contributed by atoms with Gasteiger partial charge in [-0.2, -0.15) is 13.2 Å². The standard InChI is InChI=1S/C12H16F3N3O2/c1-8(11(19)18-7-12(13,14)15)16-5-9-3-4-10(20-2)17-6-9/h3-4,6,8,16H,5,7H2,1-2H3,(H,18,19). The van der Waals surface area contributed by atoms with E-state index in [1.165, 1.54) is 14.0 Å². The molecule has 1 aromatic rings. The van der Waals surface area contributed by atoms with Gasteiger partial charge >= 0.3 is 6.18 Å². The Labute approximate surface area is 114 Å². The number of pyridine rings is 1. The third kappa shape index (κ3) is 5.87. The molecule has 20 heavy (non-hydrogen) atoms. The number of alkyl halides is 3. The highest BCUT2D eigenvalue weighted by atomic mass is 19.4. The van der Waals surface area contributed by atoms with Gasteiger partial charge in [0.1, 0.15) is 6.54 Å². The zero-order valence-corrected chi connectivity index (χ0v) is 11.1. The van der Waals surface area contributed by atoms with Crippen LogP contribution in [-0.4, -0.2) is 36.8 Å². The second-order valence-corrected chi connectivity index (χ2v) is 4.14. The van der Waals surface area contributed by atoms with Crippen LogP contribution in [0.1, 0.15) is 12.5 Å². The Hall–Kier alpha value is -1.83. The van der Waals surface area contributed by atoms with Crippen LogP contribution < -0.4 is 15.4 Å². The summed E-state index contributed by atoms with van der Waals surface area (Å²) in [5.74, 6) is -0.242. The van der Waals surface area contributed by atoms with Crippen molar-refractivity contribution in [3.05, 3.63) is 23.9 Å². The van der Waals surface area contributed by atoms with Crippen molar-refractivity contribution in [2.24, 2.45) is 0 Å². The molecule has 112 valence electrons. The summed E-state index contributed by atoms with van der Waals surface area (Å²) >= 11 is 0. The van der Waals surface area contributed by atoms with Crippen LogP contribution in [0.4, 0.5) is 13.2 Å². The number of nitrogens with one attached hydrogen (secondary N) is 2. The Morgan fingerprint density at radius 2 is 2.15 bits per heavy atom. The molecule has 1 atom stereocenters. The number of nitrogens with zero attached hydrogens (tertiary/aromatic N) is 1. The molecule has 0 saturated heterocycles. The number of carbonyl (C=O) groups excluding carboxylic acids is 1. The van der Waals surface area contributed by atoms with Gasteiger partial charge in [0.15, 0.2) is 0 Å². The van der Waals surface area contributed by atoms with Gasteiger partial charge < -0.3 is 15.4 Å². The summed E-state index contributed by atoms with van der Waals surface area (Å²) in [6.45, 7) is 0.474. The topological polar surface area (TPSA) is 63.2 Å². The second-order valence-electron chi connectivity index (χ2n) is 4.14. The zero-order valence-electron chi connectivity index (χ0n) is 11.1. The molecule has 0 bridgehead atoms. The van der Waals surface area contributed by atoms with Gasteiger partial charge in [-0.25, -0.2) is 4.98 Å². The van der Waals surface area contributed by atoms with E-state index in [-0.39, 0.29) is 0 Å². The predicted molar refractivity (Wildman–Crippen MR) is 66.2 cm³/mol. The maximum absolute atomic E-state index is 11.9. The van der Waals surface area contributed by atoms with Crippen molar-refractivity contribution in [1.29, 1.82) is 0 Å². The molecule has 2 N–H and O–H groups in total. The molecule has 1 heterocycles. The Kier molecular flexibility index (Phi) is 5.75. The van der Waals surface area contributed by atoms with Gasteiger partial charge in [-0.05, 0) is 12.5 Å². The third-order valence-corrected chi connectivity index (χ3v) is 2.48. The normalized spacial score (nSPS) is 12.8. The fourth-order valence-corrected chi connectivity index (χ4v) is 1.34. The minimum atomic E-state index is -4.41. The molecule has 0 saturated carbocycles. The lowest BCUT2D eigenvalue weighted by Crippen LogP contribution is -2.44. The Morgan fingerprint density at radius 3 is 2.65 bits per heavy atom. The van der Waals surface area contributed by atoms with Gasteiger partial charge in [0, 0.05) is 18.8 Å². The molecule has 8 heteroatoms. The molecule has 0 radical (unpaired) electrons. The van der Waals surface area contributed by atoms with E-state index >= 15 is 0 Å². The van der Waals surface area contributed by atoms with Gasteiger partial charge in [-0.1, -0.05) is 6.07 Å². The van der Waals surface area contributed by atoms with Crippen molar-refractivity contribution in [2.45, 2.75) is 25.7 Å². The van der Waals surface area contributed by atoms with Gasteiger partial charge in [0.05, 0.1) is 13.2 Å². The maximum Gasteiger partial charge on any atom is 0.405 e. The predicted octanol–water partition coefficient (Wildman–Crippen LogP) is 1.25. The molecule has 0 spiro atoms. The molecule has 0 aliphatic carbocycles. The number of amides is 1. The average molecular weight is 291 g/mol. The van der Waals surface area contributed by atoms with E-state index in [1.54, 1.807) is 18.3 Å². The van der Waals surface area contributed by atoms with E-state index in [2.05, 4.69) is 10.3 Å². The SMILES string of the molecule is COc1ccc(CNC(C)C(=O)NCC(F)(F)F)cn1. The first-order valence-corrected chi connectivity index (χ1v) is 5.88. The molecule has 0 aliphatic rings. The first kappa shape index (κ1) is 16.2. The highest BCUT2D eigenvalue weighted by molar-refractivity contribution is 5.81. The van der Waals surface area contributed by atoms with Crippen LogP contribution in [0.15, 0.2) is 18.3 Å². The van der Waals surface area contributed by atoms with Gasteiger partial charge in [0.2, 0.25) is 11.8 Å². The number of methoxy groups -OCH3 is 1. The molecule has 1 aromatic heterocycles. The van der Waals surface area contributed by atoms with Crippen molar-refractivity contribution < 1.29 is 22.7 Å². The highest BCUT2D eigenvalue weighted by Gasteiger charge is 2.28. The second kappa shape index (κ2) is 7.09.